The average Bonchev–Trinajstić information content (AvgIpc) is 2.69. The summed E-state index contributed by atoms with van der Waals surface area (Å²) in [5.74, 6) is 0.0308. The Morgan fingerprint density at radius 2 is 1.77 bits per heavy atom. The number of hydrogen-bond donors (Lipinski definition) is 1. The van der Waals surface area contributed by atoms with Gasteiger partial charge in [0.15, 0.2) is 0 Å². The number of carbonyl (C=O) groups excluding carboxylic acids is 1. The van der Waals surface area contributed by atoms with Crippen LogP contribution < -0.4 is 5.32 Å². The van der Waals surface area contributed by atoms with Gasteiger partial charge in [-0.25, -0.2) is 4.98 Å². The predicted molar refractivity (Wildman–Crippen MR) is 106 cm³/mol. The molecule has 4 nitrogen and oxygen atoms in total. The Balaban J connectivity index is 1.77. The van der Waals surface area contributed by atoms with E-state index < -0.39 is 0 Å². The van der Waals surface area contributed by atoms with Crippen molar-refractivity contribution in [3.63, 3.8) is 0 Å². The number of benzene rings is 2. The zero-order valence-corrected chi connectivity index (χ0v) is 15.0. The summed E-state index contributed by atoms with van der Waals surface area (Å²) >= 11 is 0. The molecule has 1 aliphatic heterocycles. The number of piperidine rings is 1. The topological polar surface area (TPSA) is 45.2 Å². The van der Waals surface area contributed by atoms with E-state index in [1.54, 1.807) is 0 Å². The Morgan fingerprint density at radius 3 is 2.54 bits per heavy atom. The van der Waals surface area contributed by atoms with E-state index in [0.717, 1.165) is 48.2 Å². The van der Waals surface area contributed by atoms with Gasteiger partial charge in [0.1, 0.15) is 5.69 Å². The summed E-state index contributed by atoms with van der Waals surface area (Å²) < 4.78 is 0. The molecule has 4 rings (SSSR count). The number of amides is 1. The molecule has 1 N–H and O–H groups in total. The summed E-state index contributed by atoms with van der Waals surface area (Å²) in [4.78, 5) is 19.5. The van der Waals surface area contributed by atoms with Crippen molar-refractivity contribution < 1.29 is 4.79 Å². The summed E-state index contributed by atoms with van der Waals surface area (Å²) in [5.41, 5.74) is 4.45. The number of aromatic nitrogens is 1. The van der Waals surface area contributed by atoms with E-state index in [2.05, 4.69) is 23.3 Å². The smallest absolute Gasteiger partial charge is 0.272 e. The van der Waals surface area contributed by atoms with Crippen LogP contribution >= 0.6 is 0 Å². The second kappa shape index (κ2) is 7.16. The average molecular weight is 345 g/mol. The maximum atomic E-state index is 13.0. The number of anilines is 2. The molecule has 0 aliphatic carbocycles. The number of hydrogen-bond acceptors (Lipinski definition) is 3. The van der Waals surface area contributed by atoms with Gasteiger partial charge in [-0.1, -0.05) is 29.8 Å². The SMILES string of the molecule is Cc1ccc2nc(C(=O)N3CCCCC3)cc(Nc3ccccc3)c2c1. The molecule has 4 heteroatoms. The molecule has 132 valence electrons. The van der Waals surface area contributed by atoms with Crippen molar-refractivity contribution in [1.29, 1.82) is 0 Å². The van der Waals surface area contributed by atoms with Gasteiger partial charge in [-0.15, -0.1) is 0 Å². The van der Waals surface area contributed by atoms with Crippen molar-refractivity contribution in [3.05, 3.63) is 65.9 Å². The largest absolute Gasteiger partial charge is 0.355 e. The molecule has 1 aromatic heterocycles. The minimum absolute atomic E-state index is 0.0308. The Labute approximate surface area is 153 Å². The number of fused-ring (bicyclic) bond motifs is 1. The maximum Gasteiger partial charge on any atom is 0.272 e. The van der Waals surface area contributed by atoms with Crippen LogP contribution in [0.5, 0.6) is 0 Å². The van der Waals surface area contributed by atoms with E-state index >= 15 is 0 Å². The summed E-state index contributed by atoms with van der Waals surface area (Å²) in [7, 11) is 0. The van der Waals surface area contributed by atoms with E-state index in [9.17, 15) is 4.79 Å². The number of nitrogens with one attached hydrogen (secondary N) is 1. The van der Waals surface area contributed by atoms with Crippen LogP contribution in [0.2, 0.25) is 0 Å². The fourth-order valence-electron chi connectivity index (χ4n) is 3.49. The molecule has 1 saturated heterocycles. The molecule has 0 atom stereocenters. The summed E-state index contributed by atoms with van der Waals surface area (Å²) in [6, 6.07) is 18.1. The Morgan fingerprint density at radius 1 is 1.00 bits per heavy atom. The minimum atomic E-state index is 0.0308. The number of rotatable bonds is 3. The van der Waals surface area contributed by atoms with Gasteiger partial charge >= 0.3 is 0 Å². The molecule has 1 aliphatic rings. The molecule has 0 radical (unpaired) electrons. The number of para-hydroxylation sites is 1. The Kier molecular flexibility index (Phi) is 4.57. The quantitative estimate of drug-likeness (QED) is 0.733. The lowest BCUT2D eigenvalue weighted by Gasteiger charge is -2.26. The summed E-state index contributed by atoms with van der Waals surface area (Å²) in [6.07, 6.45) is 3.36. The third-order valence-electron chi connectivity index (χ3n) is 4.88. The zero-order chi connectivity index (χ0) is 17.9. The Hall–Kier alpha value is -2.88. The summed E-state index contributed by atoms with van der Waals surface area (Å²) in [5, 5.41) is 4.49. The van der Waals surface area contributed by atoms with Crippen molar-refractivity contribution in [2.45, 2.75) is 26.2 Å². The van der Waals surface area contributed by atoms with Gasteiger partial charge in [0.2, 0.25) is 0 Å². The number of aryl methyl sites for hydroxylation is 1. The predicted octanol–water partition coefficient (Wildman–Crippen LogP) is 4.91. The van der Waals surface area contributed by atoms with Crippen molar-refractivity contribution in [3.8, 4) is 0 Å². The molecular weight excluding hydrogens is 322 g/mol. The first kappa shape index (κ1) is 16.6. The van der Waals surface area contributed by atoms with Gasteiger partial charge in [0, 0.05) is 24.2 Å². The number of carbonyl (C=O) groups is 1. The van der Waals surface area contributed by atoms with Gasteiger partial charge in [0.25, 0.3) is 5.91 Å². The molecule has 2 heterocycles. The van der Waals surface area contributed by atoms with Crippen LogP contribution in [-0.2, 0) is 0 Å². The van der Waals surface area contributed by atoms with Crippen molar-refractivity contribution in [1.82, 2.24) is 9.88 Å². The molecule has 1 amide bonds. The molecule has 3 aromatic rings. The fourth-order valence-corrected chi connectivity index (χ4v) is 3.49. The molecule has 0 bridgehead atoms. The van der Waals surface area contributed by atoms with Gasteiger partial charge in [0.05, 0.1) is 11.2 Å². The Bertz CT molecular complexity index is 931. The van der Waals surface area contributed by atoms with Crippen LogP contribution in [0, 0.1) is 6.92 Å². The van der Waals surface area contributed by atoms with E-state index in [4.69, 9.17) is 0 Å². The van der Waals surface area contributed by atoms with Gasteiger partial charge in [-0.3, -0.25) is 4.79 Å². The lowest BCUT2D eigenvalue weighted by molar-refractivity contribution is 0.0719. The van der Waals surface area contributed by atoms with Crippen LogP contribution in [0.1, 0.15) is 35.3 Å². The highest BCUT2D eigenvalue weighted by Gasteiger charge is 2.20. The highest BCUT2D eigenvalue weighted by atomic mass is 16.2. The lowest BCUT2D eigenvalue weighted by atomic mass is 10.1. The first-order chi connectivity index (χ1) is 12.7. The van der Waals surface area contributed by atoms with Crippen LogP contribution in [-0.4, -0.2) is 28.9 Å². The monoisotopic (exact) mass is 345 g/mol. The highest BCUT2D eigenvalue weighted by Crippen LogP contribution is 2.28. The van der Waals surface area contributed by atoms with Gasteiger partial charge in [-0.05, 0) is 56.5 Å². The van der Waals surface area contributed by atoms with Crippen LogP contribution in [0.3, 0.4) is 0 Å². The molecule has 0 saturated carbocycles. The van der Waals surface area contributed by atoms with Crippen LogP contribution in [0.4, 0.5) is 11.4 Å². The second-order valence-corrected chi connectivity index (χ2v) is 6.92. The van der Waals surface area contributed by atoms with E-state index in [1.165, 1.54) is 12.0 Å². The normalized spacial score (nSPS) is 14.4. The first-order valence-corrected chi connectivity index (χ1v) is 9.23. The van der Waals surface area contributed by atoms with Gasteiger partial charge < -0.3 is 10.2 Å². The maximum absolute atomic E-state index is 13.0. The molecule has 0 spiro atoms. The molecule has 2 aromatic carbocycles. The lowest BCUT2D eigenvalue weighted by Crippen LogP contribution is -2.36. The second-order valence-electron chi connectivity index (χ2n) is 6.92. The third-order valence-corrected chi connectivity index (χ3v) is 4.88. The van der Waals surface area contributed by atoms with Crippen LogP contribution in [0.25, 0.3) is 10.9 Å². The number of likely N-dealkylation sites (tertiary alicyclic amines) is 1. The minimum Gasteiger partial charge on any atom is -0.355 e. The highest BCUT2D eigenvalue weighted by molar-refractivity contribution is 6.00. The van der Waals surface area contributed by atoms with E-state index in [-0.39, 0.29) is 5.91 Å². The van der Waals surface area contributed by atoms with E-state index in [0.29, 0.717) is 5.69 Å². The third kappa shape index (κ3) is 3.40. The number of nitrogens with zero attached hydrogens (tertiary/aromatic N) is 2. The zero-order valence-electron chi connectivity index (χ0n) is 15.0. The standard InChI is InChI=1S/C22H23N3O/c1-16-10-11-19-18(14-16)20(23-17-8-4-2-5-9-17)15-21(24-19)22(26)25-12-6-3-7-13-25/h2,4-5,8-11,14-15H,3,6-7,12-13H2,1H3,(H,23,24). The number of pyridine rings is 1. The fraction of sp³-hybridized carbons (Fsp3) is 0.273. The van der Waals surface area contributed by atoms with Crippen molar-refractivity contribution in [2.24, 2.45) is 0 Å². The molecule has 26 heavy (non-hydrogen) atoms. The molecule has 1 fully saturated rings. The summed E-state index contributed by atoms with van der Waals surface area (Å²) in [6.45, 7) is 3.72. The van der Waals surface area contributed by atoms with Gasteiger partial charge in [-0.2, -0.15) is 0 Å². The van der Waals surface area contributed by atoms with Crippen molar-refractivity contribution >= 4 is 28.2 Å². The first-order valence-electron chi connectivity index (χ1n) is 9.23. The van der Waals surface area contributed by atoms with Crippen molar-refractivity contribution in [2.75, 3.05) is 18.4 Å². The van der Waals surface area contributed by atoms with Crippen LogP contribution in [0.15, 0.2) is 54.6 Å². The van der Waals surface area contributed by atoms with E-state index in [1.807, 2.05) is 53.4 Å². The molecule has 0 unspecified atom stereocenters. The molecular formula is C22H23N3O.